The number of nitrogens with one attached hydrogen (secondary N) is 1. The molecule has 3 aromatic rings. The maximum atomic E-state index is 3.55. The van der Waals surface area contributed by atoms with Crippen LogP contribution in [-0.4, -0.2) is 18.8 Å². The van der Waals surface area contributed by atoms with E-state index in [2.05, 4.69) is 115 Å². The molecule has 0 aliphatic heterocycles. The van der Waals surface area contributed by atoms with Crippen molar-refractivity contribution < 1.29 is 17.4 Å². The molecule has 3 aromatic carbocycles. The minimum absolute atomic E-state index is 0. The highest BCUT2D eigenvalue weighted by Gasteiger charge is 2.18. The second kappa shape index (κ2) is 10.1. The number of halogens is 1. The molecule has 0 aromatic heterocycles. The summed E-state index contributed by atoms with van der Waals surface area (Å²) < 4.78 is 0. The number of hydrogen-bond donors (Lipinski definition) is 1. The molecule has 0 spiro atoms. The number of hydrogen-bond acceptors (Lipinski definition) is 1. The first-order valence-electron chi connectivity index (χ1n) is 10.3. The Morgan fingerprint density at radius 3 is 2.03 bits per heavy atom. The Balaban J connectivity index is 0.00000256. The predicted octanol–water partition coefficient (Wildman–Crippen LogP) is 1.85. The molecule has 2 nitrogen and oxygen atoms in total. The summed E-state index contributed by atoms with van der Waals surface area (Å²) in [6, 6.07) is 27.7. The molecule has 0 amide bonds. The Morgan fingerprint density at radius 1 is 0.733 bits per heavy atom. The van der Waals surface area contributed by atoms with Crippen LogP contribution in [0.2, 0.25) is 0 Å². The summed E-state index contributed by atoms with van der Waals surface area (Å²) in [6.45, 7) is 6.45. The largest absolute Gasteiger partial charge is 1.00 e. The van der Waals surface area contributed by atoms with Gasteiger partial charge < -0.3 is 17.3 Å². The molecule has 0 heterocycles. The molecular weight excluding hydrogens is 388 g/mol. The third-order valence-electron chi connectivity index (χ3n) is 5.35. The lowest BCUT2D eigenvalue weighted by Crippen LogP contribution is -3.00. The fraction of sp³-hybridized carbons (Fsp3) is 0.148. The molecule has 0 radical (unpaired) electrons. The smallest absolute Gasteiger partial charge is 0.211 e. The number of allylic oxidation sites excluding steroid dienone is 3. The van der Waals surface area contributed by atoms with Gasteiger partial charge in [-0.05, 0) is 60.9 Å². The van der Waals surface area contributed by atoms with Crippen molar-refractivity contribution in [3.05, 3.63) is 108 Å². The lowest BCUT2D eigenvalue weighted by atomic mass is 9.90. The maximum Gasteiger partial charge on any atom is 0.211 e. The third kappa shape index (κ3) is 4.72. The van der Waals surface area contributed by atoms with Crippen LogP contribution in [0.25, 0.3) is 11.6 Å². The summed E-state index contributed by atoms with van der Waals surface area (Å²) in [4.78, 5) is 5.92. The maximum absolute atomic E-state index is 3.55. The second-order valence-electron chi connectivity index (χ2n) is 7.15. The van der Waals surface area contributed by atoms with Crippen LogP contribution in [0.5, 0.6) is 0 Å². The summed E-state index contributed by atoms with van der Waals surface area (Å²) in [7, 11) is 0. The van der Waals surface area contributed by atoms with Crippen molar-refractivity contribution in [2.75, 3.05) is 18.0 Å². The number of anilines is 1. The highest BCUT2D eigenvalue weighted by molar-refractivity contribution is 6.14. The van der Waals surface area contributed by atoms with Crippen LogP contribution in [-0.2, 0) is 0 Å². The summed E-state index contributed by atoms with van der Waals surface area (Å²) in [5.41, 5.74) is 8.43. The van der Waals surface area contributed by atoms with E-state index in [1.54, 1.807) is 0 Å². The lowest BCUT2D eigenvalue weighted by Gasteiger charge is -2.21. The van der Waals surface area contributed by atoms with Crippen molar-refractivity contribution in [1.82, 2.24) is 0 Å². The summed E-state index contributed by atoms with van der Waals surface area (Å²) in [5, 5.41) is 0. The number of benzene rings is 3. The van der Waals surface area contributed by atoms with Gasteiger partial charge in [-0.25, -0.2) is 4.99 Å². The number of para-hydroxylation sites is 1. The van der Waals surface area contributed by atoms with Crippen LogP contribution in [0.1, 0.15) is 30.5 Å². The first-order valence-corrected chi connectivity index (χ1v) is 10.3. The third-order valence-corrected chi connectivity index (χ3v) is 5.35. The van der Waals surface area contributed by atoms with Crippen LogP contribution in [0.3, 0.4) is 0 Å². The number of rotatable bonds is 5. The van der Waals surface area contributed by atoms with E-state index in [1.807, 2.05) is 6.07 Å². The Labute approximate surface area is 185 Å². The van der Waals surface area contributed by atoms with Crippen LogP contribution < -0.4 is 22.3 Å². The van der Waals surface area contributed by atoms with Gasteiger partial charge in [-0.15, -0.1) is 0 Å². The molecule has 1 N–H and O–H groups in total. The Kier molecular flexibility index (Phi) is 7.26. The van der Waals surface area contributed by atoms with E-state index < -0.39 is 0 Å². The van der Waals surface area contributed by atoms with Crippen molar-refractivity contribution in [3.8, 4) is 0 Å². The average Bonchev–Trinajstić information content (AvgIpc) is 2.78. The summed E-state index contributed by atoms with van der Waals surface area (Å²) in [6.07, 6.45) is 6.64. The van der Waals surface area contributed by atoms with Gasteiger partial charge in [0.15, 0.2) is 0 Å². The van der Waals surface area contributed by atoms with Gasteiger partial charge in [-0.2, -0.15) is 0 Å². The van der Waals surface area contributed by atoms with Gasteiger partial charge in [-0.1, -0.05) is 48.5 Å². The molecule has 4 rings (SSSR count). The predicted molar refractivity (Wildman–Crippen MR) is 125 cm³/mol. The summed E-state index contributed by atoms with van der Waals surface area (Å²) in [5.74, 6) is 0. The molecule has 0 fully saturated rings. The van der Waals surface area contributed by atoms with Crippen LogP contribution in [0.4, 0.5) is 11.4 Å². The zero-order chi connectivity index (χ0) is 20.1. The molecule has 1 aliphatic rings. The molecule has 1 aliphatic carbocycles. The van der Waals surface area contributed by atoms with Gasteiger partial charge in [0.25, 0.3) is 0 Å². The first-order chi connectivity index (χ1) is 14.3. The normalized spacial score (nSPS) is 15.0. The van der Waals surface area contributed by atoms with E-state index in [9.17, 15) is 0 Å². The molecule has 0 saturated carbocycles. The van der Waals surface area contributed by atoms with Crippen LogP contribution in [0, 0.1) is 0 Å². The zero-order valence-corrected chi connectivity index (χ0v) is 18.2. The van der Waals surface area contributed by atoms with Crippen molar-refractivity contribution in [2.45, 2.75) is 13.8 Å². The second-order valence-corrected chi connectivity index (χ2v) is 7.15. The monoisotopic (exact) mass is 414 g/mol. The molecule has 152 valence electrons. The molecule has 3 heteroatoms. The molecule has 0 unspecified atom stereocenters. The van der Waals surface area contributed by atoms with E-state index in [0.29, 0.717) is 0 Å². The van der Waals surface area contributed by atoms with E-state index >= 15 is 0 Å². The minimum Gasteiger partial charge on any atom is -1.00 e. The van der Waals surface area contributed by atoms with Gasteiger partial charge in [0.2, 0.25) is 11.4 Å². The van der Waals surface area contributed by atoms with Crippen LogP contribution >= 0.6 is 0 Å². The minimum atomic E-state index is 0. The Morgan fingerprint density at radius 2 is 1.37 bits per heavy atom. The molecule has 30 heavy (non-hydrogen) atoms. The van der Waals surface area contributed by atoms with Gasteiger partial charge in [-0.3, -0.25) is 0 Å². The van der Waals surface area contributed by atoms with E-state index in [1.165, 1.54) is 28.0 Å². The molecule has 0 saturated heterocycles. The number of nitrogens with zero attached hydrogens (tertiary/aromatic N) is 1. The Bertz CT molecular complexity index is 1060. The van der Waals surface area contributed by atoms with Crippen molar-refractivity contribution in [1.29, 1.82) is 0 Å². The van der Waals surface area contributed by atoms with E-state index in [-0.39, 0.29) is 12.4 Å². The average molecular weight is 415 g/mol. The molecular formula is C27H27ClN2. The summed E-state index contributed by atoms with van der Waals surface area (Å²) >= 11 is 0. The van der Waals surface area contributed by atoms with Gasteiger partial charge >= 0.3 is 0 Å². The quantitative estimate of drug-likeness (QED) is 0.674. The lowest BCUT2D eigenvalue weighted by molar-refractivity contribution is -0.351. The van der Waals surface area contributed by atoms with E-state index in [0.717, 1.165) is 24.5 Å². The topological polar surface area (TPSA) is 17.2 Å². The fourth-order valence-electron chi connectivity index (χ4n) is 3.78. The highest BCUT2D eigenvalue weighted by Crippen LogP contribution is 2.28. The SMILES string of the molecule is CCN(CC)c1ccc(C=C2C=CC(=[NH+]c3ccccc3)c3ccccc32)cc1.[Cl-]. The van der Waals surface area contributed by atoms with E-state index in [4.69, 9.17) is 0 Å². The standard InChI is InChI=1S/C27H26N2.ClH/c1-3-29(4-2)24-17-14-21(15-18-24)20-22-16-19-27(26-13-9-8-12-25(22)26)28-23-10-6-5-7-11-23;/h5-20H,3-4H2,1-2H3;1H. The van der Waals surface area contributed by atoms with Crippen molar-refractivity contribution >= 4 is 28.7 Å². The van der Waals surface area contributed by atoms with Crippen molar-refractivity contribution in [3.63, 3.8) is 0 Å². The van der Waals surface area contributed by atoms with Gasteiger partial charge in [0.05, 0.1) is 5.56 Å². The molecule has 0 bridgehead atoms. The fourth-order valence-corrected chi connectivity index (χ4v) is 3.78. The zero-order valence-electron chi connectivity index (χ0n) is 17.5. The van der Waals surface area contributed by atoms with Crippen LogP contribution in [0.15, 0.2) is 91.0 Å². The first kappa shape index (κ1) is 21.6. The Hall–Kier alpha value is -3.10. The molecule has 0 atom stereocenters. The van der Waals surface area contributed by atoms with Crippen molar-refractivity contribution in [2.24, 2.45) is 0 Å². The number of fused-ring (bicyclic) bond motifs is 1. The van der Waals surface area contributed by atoms with Gasteiger partial charge in [0, 0.05) is 37.0 Å². The van der Waals surface area contributed by atoms with Gasteiger partial charge in [0.1, 0.15) is 0 Å². The highest BCUT2D eigenvalue weighted by atomic mass is 35.5.